The fourth-order valence-corrected chi connectivity index (χ4v) is 3.49. The Morgan fingerprint density at radius 2 is 2.00 bits per heavy atom. The predicted molar refractivity (Wildman–Crippen MR) is 103 cm³/mol. The molecule has 3 rings (SSSR count). The van der Waals surface area contributed by atoms with Crippen molar-refractivity contribution >= 4 is 35.3 Å². The summed E-state index contributed by atoms with van der Waals surface area (Å²) in [5, 5.41) is 5.74. The Morgan fingerprint density at radius 1 is 1.20 bits per heavy atom. The summed E-state index contributed by atoms with van der Waals surface area (Å²) >= 11 is 1.42. The standard InChI is InChI=1S/C20H20N2O2S/c1-12(2)21-19(23)15-7-8-17-16(11-15)22-20(24)18(25-17)10-14-6-4-5-13(3)9-14/h4-12H,1-3H3,(H,21,23)(H,22,24)/b18-10+. The summed E-state index contributed by atoms with van der Waals surface area (Å²) in [4.78, 5) is 26.1. The highest BCUT2D eigenvalue weighted by Crippen LogP contribution is 2.39. The first kappa shape index (κ1) is 17.3. The number of carbonyl (C=O) groups is 2. The number of anilines is 1. The molecule has 1 heterocycles. The van der Waals surface area contributed by atoms with E-state index in [9.17, 15) is 9.59 Å². The molecule has 0 fully saturated rings. The molecule has 128 valence electrons. The van der Waals surface area contributed by atoms with E-state index in [2.05, 4.69) is 10.6 Å². The minimum atomic E-state index is -0.152. The lowest BCUT2D eigenvalue weighted by molar-refractivity contribution is -0.112. The molecule has 1 aliphatic rings. The first-order valence-electron chi connectivity index (χ1n) is 8.15. The van der Waals surface area contributed by atoms with Crippen LogP contribution in [0.1, 0.15) is 35.3 Å². The van der Waals surface area contributed by atoms with Crippen LogP contribution in [0.15, 0.2) is 52.3 Å². The summed E-state index contributed by atoms with van der Waals surface area (Å²) in [5.41, 5.74) is 3.36. The van der Waals surface area contributed by atoms with Gasteiger partial charge >= 0.3 is 0 Å². The number of hydrogen-bond donors (Lipinski definition) is 2. The number of carbonyl (C=O) groups excluding carboxylic acids is 2. The van der Waals surface area contributed by atoms with Crippen LogP contribution in [0.5, 0.6) is 0 Å². The number of nitrogens with one attached hydrogen (secondary N) is 2. The van der Waals surface area contributed by atoms with E-state index in [1.54, 1.807) is 12.1 Å². The highest BCUT2D eigenvalue weighted by molar-refractivity contribution is 8.04. The Balaban J connectivity index is 1.86. The lowest BCUT2D eigenvalue weighted by Crippen LogP contribution is -2.30. The summed E-state index contributed by atoms with van der Waals surface area (Å²) < 4.78 is 0. The van der Waals surface area contributed by atoms with Crippen molar-refractivity contribution in [3.63, 3.8) is 0 Å². The Labute approximate surface area is 151 Å². The molecule has 0 saturated carbocycles. The van der Waals surface area contributed by atoms with Gasteiger partial charge in [0.25, 0.3) is 11.8 Å². The van der Waals surface area contributed by atoms with Gasteiger partial charge in [0.1, 0.15) is 0 Å². The molecule has 0 spiro atoms. The zero-order chi connectivity index (χ0) is 18.0. The van der Waals surface area contributed by atoms with E-state index >= 15 is 0 Å². The van der Waals surface area contributed by atoms with Crippen molar-refractivity contribution < 1.29 is 9.59 Å². The Morgan fingerprint density at radius 3 is 2.72 bits per heavy atom. The summed E-state index contributed by atoms with van der Waals surface area (Å²) in [5.74, 6) is -0.293. The quantitative estimate of drug-likeness (QED) is 0.813. The van der Waals surface area contributed by atoms with Gasteiger partial charge in [0.2, 0.25) is 0 Å². The van der Waals surface area contributed by atoms with Gasteiger partial charge in [-0.25, -0.2) is 0 Å². The number of amides is 2. The summed E-state index contributed by atoms with van der Waals surface area (Å²) in [6, 6.07) is 13.5. The topological polar surface area (TPSA) is 58.2 Å². The van der Waals surface area contributed by atoms with Gasteiger partial charge in [-0.05, 0) is 50.6 Å². The highest BCUT2D eigenvalue weighted by atomic mass is 32.2. The zero-order valence-electron chi connectivity index (χ0n) is 14.4. The van der Waals surface area contributed by atoms with Crippen molar-refractivity contribution in [2.24, 2.45) is 0 Å². The number of aryl methyl sites for hydroxylation is 1. The number of rotatable bonds is 3. The van der Waals surface area contributed by atoms with Gasteiger partial charge in [-0.3, -0.25) is 9.59 Å². The van der Waals surface area contributed by atoms with Crippen LogP contribution < -0.4 is 10.6 Å². The van der Waals surface area contributed by atoms with Gasteiger partial charge in [-0.1, -0.05) is 41.6 Å². The molecular weight excluding hydrogens is 332 g/mol. The van der Waals surface area contributed by atoms with Crippen molar-refractivity contribution in [2.75, 3.05) is 5.32 Å². The Bertz CT molecular complexity index is 872. The van der Waals surface area contributed by atoms with Crippen LogP contribution in [0.25, 0.3) is 6.08 Å². The highest BCUT2D eigenvalue weighted by Gasteiger charge is 2.22. The molecule has 25 heavy (non-hydrogen) atoms. The van der Waals surface area contributed by atoms with Crippen molar-refractivity contribution in [1.82, 2.24) is 5.32 Å². The number of hydrogen-bond acceptors (Lipinski definition) is 3. The minimum absolute atomic E-state index is 0.0661. The van der Waals surface area contributed by atoms with E-state index in [-0.39, 0.29) is 17.9 Å². The number of thioether (sulfide) groups is 1. The molecule has 1 aliphatic heterocycles. The van der Waals surface area contributed by atoms with Crippen molar-refractivity contribution in [1.29, 1.82) is 0 Å². The van der Waals surface area contributed by atoms with E-state index in [1.165, 1.54) is 11.8 Å². The van der Waals surface area contributed by atoms with Crippen LogP contribution in [-0.4, -0.2) is 17.9 Å². The van der Waals surface area contributed by atoms with Crippen LogP contribution in [0.2, 0.25) is 0 Å². The van der Waals surface area contributed by atoms with Gasteiger partial charge in [0.15, 0.2) is 0 Å². The third kappa shape index (κ3) is 4.12. The average molecular weight is 352 g/mol. The van der Waals surface area contributed by atoms with Crippen LogP contribution in [-0.2, 0) is 4.79 Å². The SMILES string of the molecule is Cc1cccc(/C=C2/Sc3ccc(C(=O)NC(C)C)cc3NC2=O)c1. The monoisotopic (exact) mass is 352 g/mol. The van der Waals surface area contributed by atoms with Gasteiger partial charge < -0.3 is 10.6 Å². The predicted octanol–water partition coefficient (Wildman–Crippen LogP) is 4.22. The molecule has 0 radical (unpaired) electrons. The lowest BCUT2D eigenvalue weighted by Gasteiger charge is -2.19. The van der Waals surface area contributed by atoms with Gasteiger partial charge in [0.05, 0.1) is 10.6 Å². The largest absolute Gasteiger partial charge is 0.350 e. The fourth-order valence-electron chi connectivity index (χ4n) is 2.56. The molecule has 2 aromatic rings. The Hall–Kier alpha value is -2.53. The minimum Gasteiger partial charge on any atom is -0.350 e. The van der Waals surface area contributed by atoms with E-state index < -0.39 is 0 Å². The van der Waals surface area contributed by atoms with E-state index in [0.717, 1.165) is 16.0 Å². The molecule has 2 aromatic carbocycles. The van der Waals surface area contributed by atoms with Crippen LogP contribution in [0.3, 0.4) is 0 Å². The van der Waals surface area contributed by atoms with Gasteiger partial charge in [-0.15, -0.1) is 0 Å². The lowest BCUT2D eigenvalue weighted by atomic mass is 10.1. The number of benzene rings is 2. The van der Waals surface area contributed by atoms with Crippen molar-refractivity contribution in [3.05, 3.63) is 64.1 Å². The second kappa shape index (κ2) is 7.15. The van der Waals surface area contributed by atoms with Crippen molar-refractivity contribution in [2.45, 2.75) is 31.7 Å². The molecule has 2 N–H and O–H groups in total. The van der Waals surface area contributed by atoms with E-state index in [1.807, 2.05) is 57.2 Å². The maximum Gasteiger partial charge on any atom is 0.262 e. The molecule has 4 nitrogen and oxygen atoms in total. The molecule has 0 bridgehead atoms. The molecule has 0 unspecified atom stereocenters. The first-order valence-corrected chi connectivity index (χ1v) is 8.96. The maximum atomic E-state index is 12.4. The normalized spacial score (nSPS) is 15.0. The second-order valence-electron chi connectivity index (χ2n) is 6.32. The summed E-state index contributed by atoms with van der Waals surface area (Å²) in [6.45, 7) is 5.85. The van der Waals surface area contributed by atoms with Crippen LogP contribution in [0.4, 0.5) is 5.69 Å². The third-order valence-electron chi connectivity index (χ3n) is 3.69. The molecule has 5 heteroatoms. The fraction of sp³-hybridized carbons (Fsp3) is 0.200. The molecule has 0 aliphatic carbocycles. The molecule has 0 aromatic heterocycles. The van der Waals surface area contributed by atoms with Crippen LogP contribution >= 0.6 is 11.8 Å². The van der Waals surface area contributed by atoms with E-state index in [4.69, 9.17) is 0 Å². The molecule has 0 atom stereocenters. The summed E-state index contributed by atoms with van der Waals surface area (Å²) in [6.07, 6.45) is 1.88. The number of fused-ring (bicyclic) bond motifs is 1. The molecular formula is C20H20N2O2S. The smallest absolute Gasteiger partial charge is 0.262 e. The third-order valence-corrected chi connectivity index (χ3v) is 4.79. The average Bonchev–Trinajstić information content (AvgIpc) is 2.54. The second-order valence-corrected chi connectivity index (χ2v) is 7.40. The van der Waals surface area contributed by atoms with Gasteiger partial charge in [0, 0.05) is 16.5 Å². The van der Waals surface area contributed by atoms with Crippen LogP contribution in [0, 0.1) is 6.92 Å². The van der Waals surface area contributed by atoms with E-state index in [0.29, 0.717) is 16.2 Å². The Kier molecular flexibility index (Phi) is 4.95. The van der Waals surface area contributed by atoms with Gasteiger partial charge in [-0.2, -0.15) is 0 Å². The van der Waals surface area contributed by atoms with Crippen molar-refractivity contribution in [3.8, 4) is 0 Å². The summed E-state index contributed by atoms with van der Waals surface area (Å²) in [7, 11) is 0. The zero-order valence-corrected chi connectivity index (χ0v) is 15.2. The molecule has 0 saturated heterocycles. The maximum absolute atomic E-state index is 12.4. The first-order chi connectivity index (χ1) is 11.9. The molecule has 2 amide bonds.